The lowest BCUT2D eigenvalue weighted by molar-refractivity contribution is -0.124. The number of carbonyl (C=O) groups excluding carboxylic acids is 4. The summed E-state index contributed by atoms with van der Waals surface area (Å²) in [6.07, 6.45) is 10.0. The predicted molar refractivity (Wildman–Crippen MR) is 258 cm³/mol. The van der Waals surface area contributed by atoms with Crippen LogP contribution in [-0.2, 0) is 31.7 Å². The second-order valence-corrected chi connectivity index (χ2v) is 18.3. The summed E-state index contributed by atoms with van der Waals surface area (Å²) in [6.45, 7) is 12.3. The van der Waals surface area contributed by atoms with Gasteiger partial charge in [0.05, 0.1) is 23.4 Å². The van der Waals surface area contributed by atoms with Gasteiger partial charge in [-0.2, -0.15) is 0 Å². The topological polar surface area (TPSA) is 247 Å². The van der Waals surface area contributed by atoms with E-state index in [1.165, 1.54) is 37.2 Å². The summed E-state index contributed by atoms with van der Waals surface area (Å²) in [7, 11) is -2.24. The van der Waals surface area contributed by atoms with E-state index in [1.54, 1.807) is 20.8 Å². The molecule has 0 aliphatic rings. The lowest BCUT2D eigenvalue weighted by Crippen LogP contribution is -2.69. The van der Waals surface area contributed by atoms with Crippen molar-refractivity contribution in [2.45, 2.75) is 135 Å². The number of amides is 4. The van der Waals surface area contributed by atoms with Crippen LogP contribution in [0.15, 0.2) is 97.8 Å². The Labute approximate surface area is 395 Å². The first-order valence-corrected chi connectivity index (χ1v) is 23.1. The van der Waals surface area contributed by atoms with E-state index >= 15 is 0 Å². The number of hydrogen-bond acceptors (Lipinski definition) is 13. The maximum Gasteiger partial charge on any atom is 0.633 e. The highest BCUT2D eigenvalue weighted by Crippen LogP contribution is 2.33. The van der Waals surface area contributed by atoms with Crippen molar-refractivity contribution in [3.8, 4) is 0 Å². The van der Waals surface area contributed by atoms with Crippen molar-refractivity contribution in [2.75, 3.05) is 0 Å². The van der Waals surface area contributed by atoms with Crippen LogP contribution in [0.2, 0.25) is 0 Å². The number of carbonyl (C=O) groups is 4. The van der Waals surface area contributed by atoms with Gasteiger partial charge in [0.2, 0.25) is 11.8 Å². The summed E-state index contributed by atoms with van der Waals surface area (Å²) < 4.78 is 13.1. The third-order valence-electron chi connectivity index (χ3n) is 11.7. The van der Waals surface area contributed by atoms with Crippen LogP contribution in [0.5, 0.6) is 0 Å². The van der Waals surface area contributed by atoms with Crippen molar-refractivity contribution in [1.29, 1.82) is 0 Å². The molecule has 0 spiro atoms. The van der Waals surface area contributed by atoms with Crippen molar-refractivity contribution in [2.24, 2.45) is 11.8 Å². The van der Waals surface area contributed by atoms with Crippen molar-refractivity contribution in [3.63, 3.8) is 0 Å². The average molecular weight is 921 g/mol. The van der Waals surface area contributed by atoms with Gasteiger partial charge in [0.15, 0.2) is 0 Å². The molecule has 67 heavy (non-hydrogen) atoms. The van der Waals surface area contributed by atoms with Gasteiger partial charge in [0, 0.05) is 49.5 Å². The smallest absolute Gasteiger partial charge is 0.447 e. The van der Waals surface area contributed by atoms with Crippen LogP contribution in [0.1, 0.15) is 120 Å². The van der Waals surface area contributed by atoms with Crippen LogP contribution in [0.4, 0.5) is 0 Å². The Hall–Kier alpha value is -5.53. The van der Waals surface area contributed by atoms with Crippen LogP contribution in [0.3, 0.4) is 0 Å². The van der Waals surface area contributed by atoms with Gasteiger partial charge < -0.3 is 45.6 Å². The minimum Gasteiger partial charge on any atom is -0.447 e. The van der Waals surface area contributed by atoms with Crippen LogP contribution >= 0.6 is 0 Å². The molecule has 4 amide bonds. The molecule has 0 bridgehead atoms. The Morgan fingerprint density at radius 2 is 1.07 bits per heavy atom. The molecule has 0 aliphatic carbocycles. The van der Waals surface area contributed by atoms with E-state index in [4.69, 9.17) is 9.31 Å². The van der Waals surface area contributed by atoms with Crippen LogP contribution in [-0.4, -0.2) is 115 Å². The summed E-state index contributed by atoms with van der Waals surface area (Å²) in [5.41, 5.74) is -1.38. The standard InChI is InChI=1S/C47H67B3N8O9/c1-9-21-47(8,48(63)40(26-32(3)4)57-42(59)36(28-34-17-13-11-14-18-34)55-44(61)38-30-51-22-24-53-38)66-49(46(7,10-2)67-50(64)65)41(27-33(5)6)58-43(60)37(29-35-19-15-12-16-20-35)56-45(62)39-31-52-23-25-54-39/h11-20,22-25,30-33,36-37,40-41,63-65H,9-10,21,26-29H2,1-8H3,(H,55,61)(H,56,62)(H,57,59)(H,58,60). The van der Waals surface area contributed by atoms with Crippen molar-refractivity contribution in [1.82, 2.24) is 41.2 Å². The molecule has 0 radical (unpaired) electrons. The van der Waals surface area contributed by atoms with Crippen molar-refractivity contribution < 1.29 is 43.6 Å². The number of nitrogens with one attached hydrogen (secondary N) is 4. The maximum absolute atomic E-state index is 14.7. The molecule has 0 fully saturated rings. The van der Waals surface area contributed by atoms with Crippen molar-refractivity contribution >= 4 is 44.8 Å². The van der Waals surface area contributed by atoms with E-state index in [0.29, 0.717) is 19.3 Å². The molecule has 0 aliphatic heterocycles. The monoisotopic (exact) mass is 921 g/mol. The number of benzene rings is 2. The minimum absolute atomic E-state index is 0.0174. The molecule has 4 rings (SSSR count). The van der Waals surface area contributed by atoms with E-state index in [9.17, 15) is 34.3 Å². The second-order valence-electron chi connectivity index (χ2n) is 18.3. The Kier molecular flexibility index (Phi) is 21.1. The highest BCUT2D eigenvalue weighted by molar-refractivity contribution is 6.62. The third kappa shape index (κ3) is 16.6. The molecule has 2 aromatic carbocycles. The molecule has 6 atom stereocenters. The SMILES string of the molecule is CCCC(C)(OB(C(CC(C)C)NC(=O)C(Cc1ccccc1)NC(=O)c1cnccn1)C(C)(CC)OB(O)O)B(O)C(CC(C)C)NC(=O)C(Cc1ccccc1)NC(=O)c1cnccn1. The number of aromatic nitrogens is 4. The van der Waals surface area contributed by atoms with Gasteiger partial charge >= 0.3 is 21.2 Å². The summed E-state index contributed by atoms with van der Waals surface area (Å²) in [5, 5.41) is 45.3. The van der Waals surface area contributed by atoms with Gasteiger partial charge in [-0.1, -0.05) is 109 Å². The van der Waals surface area contributed by atoms with E-state index in [0.717, 1.165) is 11.1 Å². The molecule has 2 heterocycles. The van der Waals surface area contributed by atoms with E-state index < -0.39 is 79.7 Å². The molecule has 20 heteroatoms. The molecule has 0 saturated carbocycles. The summed E-state index contributed by atoms with van der Waals surface area (Å²) in [4.78, 5) is 72.3. The fourth-order valence-corrected chi connectivity index (χ4v) is 8.24. The molecule has 2 aromatic heterocycles. The lowest BCUT2D eigenvalue weighted by atomic mass is 9.40. The first-order valence-electron chi connectivity index (χ1n) is 23.1. The van der Waals surface area contributed by atoms with Gasteiger partial charge in [-0.3, -0.25) is 29.1 Å². The molecule has 4 aromatic rings. The number of rotatable bonds is 27. The third-order valence-corrected chi connectivity index (χ3v) is 11.7. The Morgan fingerprint density at radius 1 is 0.627 bits per heavy atom. The van der Waals surface area contributed by atoms with E-state index in [1.807, 2.05) is 95.3 Å². The lowest BCUT2D eigenvalue weighted by Gasteiger charge is -2.46. The largest absolute Gasteiger partial charge is 0.633 e. The van der Waals surface area contributed by atoms with Gasteiger partial charge in [-0.15, -0.1) is 0 Å². The van der Waals surface area contributed by atoms with Gasteiger partial charge in [-0.05, 0) is 62.5 Å². The van der Waals surface area contributed by atoms with Gasteiger partial charge in [0.25, 0.3) is 11.8 Å². The zero-order valence-corrected chi connectivity index (χ0v) is 40.0. The summed E-state index contributed by atoms with van der Waals surface area (Å²) >= 11 is 0. The van der Waals surface area contributed by atoms with Crippen LogP contribution in [0, 0.1) is 11.8 Å². The fourth-order valence-electron chi connectivity index (χ4n) is 8.24. The summed E-state index contributed by atoms with van der Waals surface area (Å²) in [5.74, 6) is -4.26. The molecule has 7 N–H and O–H groups in total. The van der Waals surface area contributed by atoms with E-state index in [2.05, 4.69) is 41.2 Å². The maximum atomic E-state index is 14.7. The zero-order valence-electron chi connectivity index (χ0n) is 40.0. The predicted octanol–water partition coefficient (Wildman–Crippen LogP) is 3.57. The Balaban J connectivity index is 1.75. The van der Waals surface area contributed by atoms with E-state index in [-0.39, 0.29) is 48.9 Å². The number of hydrogen-bond donors (Lipinski definition) is 7. The Morgan fingerprint density at radius 3 is 1.46 bits per heavy atom. The molecule has 17 nitrogen and oxygen atoms in total. The fraction of sp³-hybridized carbons (Fsp3) is 0.489. The van der Waals surface area contributed by atoms with Gasteiger partial charge in [0.1, 0.15) is 23.5 Å². The second kappa shape index (κ2) is 26.1. The first kappa shape index (κ1) is 54.1. The van der Waals surface area contributed by atoms with Crippen molar-refractivity contribution in [3.05, 3.63) is 120 Å². The van der Waals surface area contributed by atoms with Crippen LogP contribution < -0.4 is 21.3 Å². The average Bonchev–Trinajstić information content (AvgIpc) is 3.30. The molecule has 6 unspecified atom stereocenters. The number of nitrogens with zero attached hydrogens (tertiary/aromatic N) is 4. The first-order chi connectivity index (χ1) is 31.9. The highest BCUT2D eigenvalue weighted by atomic mass is 16.6. The molecular weight excluding hydrogens is 853 g/mol. The quantitative estimate of drug-likeness (QED) is 0.0424. The summed E-state index contributed by atoms with van der Waals surface area (Å²) in [6, 6.07) is 16.2. The Bertz CT molecular complexity index is 2140. The molecular formula is C47H67B3N8O9. The minimum atomic E-state index is -2.24. The molecule has 358 valence electrons. The van der Waals surface area contributed by atoms with Crippen LogP contribution in [0.25, 0.3) is 0 Å². The molecule has 0 saturated heterocycles. The highest BCUT2D eigenvalue weighted by Gasteiger charge is 2.54. The normalized spacial score (nSPS) is 14.9. The van der Waals surface area contributed by atoms with Gasteiger partial charge in [-0.25, -0.2) is 9.97 Å². The zero-order chi connectivity index (χ0) is 49.1.